The Kier molecular flexibility index (Phi) is 17.4. The Morgan fingerprint density at radius 1 is 0.500 bits per heavy atom. The Morgan fingerprint density at radius 3 is 1.17 bits per heavy atom. The number of hydrogen-bond donors (Lipinski definition) is 8. The first-order chi connectivity index (χ1) is 30.4. The molecular formula is C50H62N8O4S2. The molecule has 2 atom stereocenters. The summed E-state index contributed by atoms with van der Waals surface area (Å²) in [6, 6.07) is 31.6. The first-order valence-corrected chi connectivity index (χ1v) is 23.3. The lowest BCUT2D eigenvalue weighted by Gasteiger charge is -2.25. The van der Waals surface area contributed by atoms with Crippen molar-refractivity contribution in [1.82, 2.24) is 0 Å². The monoisotopic (exact) mass is 902 g/mol. The molecule has 12 N–H and O–H groups in total. The number of anilines is 4. The van der Waals surface area contributed by atoms with Gasteiger partial charge in [-0.15, -0.1) is 23.5 Å². The quantitative estimate of drug-likeness (QED) is 0.0397. The Hall–Kier alpha value is -5.48. The van der Waals surface area contributed by atoms with Crippen LogP contribution in [0, 0.1) is 0 Å². The molecule has 0 aliphatic heterocycles. The number of hydrogen-bond acceptors (Lipinski definition) is 10. The Balaban J connectivity index is 1.44. The van der Waals surface area contributed by atoms with Crippen LogP contribution in [0.4, 0.5) is 22.7 Å². The summed E-state index contributed by atoms with van der Waals surface area (Å²) in [5, 5.41) is 12.2. The van der Waals surface area contributed by atoms with Crippen molar-refractivity contribution in [2.45, 2.75) is 87.1 Å². The van der Waals surface area contributed by atoms with Crippen molar-refractivity contribution >= 4 is 69.9 Å². The number of rotatable bonds is 18. The van der Waals surface area contributed by atoms with Gasteiger partial charge in [-0.05, 0) is 88.4 Å². The number of nitrogens with one attached hydrogen (secondary N) is 4. The second-order valence-corrected chi connectivity index (χ2v) is 19.8. The van der Waals surface area contributed by atoms with Crippen molar-refractivity contribution in [2.75, 3.05) is 45.9 Å². The van der Waals surface area contributed by atoms with Crippen LogP contribution in [0.5, 0.6) is 0 Å². The number of benzene rings is 5. The van der Waals surface area contributed by atoms with Gasteiger partial charge in [0.15, 0.2) is 0 Å². The van der Waals surface area contributed by atoms with E-state index in [0.717, 1.165) is 22.3 Å². The molecule has 0 fully saturated rings. The summed E-state index contributed by atoms with van der Waals surface area (Å²) in [6.07, 6.45) is 0.698. The number of carbonyl (C=O) groups excluding carboxylic acids is 4. The van der Waals surface area contributed by atoms with E-state index in [2.05, 4.69) is 21.3 Å². The summed E-state index contributed by atoms with van der Waals surface area (Å²) in [4.78, 5) is 56.7. The normalized spacial score (nSPS) is 12.5. The van der Waals surface area contributed by atoms with E-state index in [1.807, 2.05) is 126 Å². The molecule has 0 saturated carbocycles. The van der Waals surface area contributed by atoms with Gasteiger partial charge >= 0.3 is 0 Å². The second-order valence-electron chi connectivity index (χ2n) is 17.6. The van der Waals surface area contributed by atoms with E-state index < -0.39 is 23.9 Å². The number of thioether (sulfide) groups is 2. The van der Waals surface area contributed by atoms with Gasteiger partial charge in [0.1, 0.15) is 0 Å². The molecule has 0 aliphatic rings. The third-order valence-electron chi connectivity index (χ3n) is 10.3. The molecule has 0 aromatic heterocycles. The molecule has 0 bridgehead atoms. The Labute approximate surface area is 385 Å². The van der Waals surface area contributed by atoms with Crippen molar-refractivity contribution < 1.29 is 19.2 Å². The van der Waals surface area contributed by atoms with E-state index in [0.29, 0.717) is 70.0 Å². The molecule has 5 aromatic rings. The molecule has 14 heteroatoms. The summed E-state index contributed by atoms with van der Waals surface area (Å²) in [5.74, 6) is -0.614. The number of amides is 4. The van der Waals surface area contributed by atoms with E-state index in [9.17, 15) is 19.2 Å². The van der Waals surface area contributed by atoms with Crippen molar-refractivity contribution in [3.8, 4) is 0 Å². The van der Waals surface area contributed by atoms with Gasteiger partial charge in [0, 0.05) is 35.7 Å². The summed E-state index contributed by atoms with van der Waals surface area (Å²) >= 11 is 2.82. The zero-order valence-corrected chi connectivity index (χ0v) is 39.2. The molecule has 4 amide bonds. The minimum Gasteiger partial charge on any atom is -0.330 e. The highest BCUT2D eigenvalue weighted by Crippen LogP contribution is 2.41. The van der Waals surface area contributed by atoms with Crippen molar-refractivity contribution in [3.05, 3.63) is 143 Å². The molecule has 5 rings (SSSR count). The Morgan fingerprint density at radius 2 is 0.844 bits per heavy atom. The van der Waals surface area contributed by atoms with Gasteiger partial charge < -0.3 is 44.2 Å². The van der Waals surface area contributed by atoms with E-state index in [4.69, 9.17) is 22.9 Å². The fourth-order valence-electron chi connectivity index (χ4n) is 6.69. The maximum absolute atomic E-state index is 14.2. The fraction of sp³-hybridized carbons (Fsp3) is 0.320. The van der Waals surface area contributed by atoms with Gasteiger partial charge in [-0.1, -0.05) is 108 Å². The molecule has 1 unspecified atom stereocenters. The lowest BCUT2D eigenvalue weighted by molar-refractivity contribution is -0.118. The SMILES string of the molecule is CC(C)(C)c1cc(NC(=O)c2cccc(C(=O)Nc3cc(C(C)(C)C)cc(NC(=O)[C@H](N)Cc4ccccc4)c3SCCN)c2)c(SCCN)c(NC(=O)C(N)Cc2ccccc2)c1. The molecule has 0 radical (unpaired) electrons. The van der Waals surface area contributed by atoms with Crippen LogP contribution in [0.15, 0.2) is 119 Å². The van der Waals surface area contributed by atoms with Crippen LogP contribution in [0.1, 0.15) is 84.5 Å². The van der Waals surface area contributed by atoms with Gasteiger partial charge in [0.05, 0.1) is 44.6 Å². The molecule has 0 spiro atoms. The first kappa shape index (κ1) is 49.5. The lowest BCUT2D eigenvalue weighted by Crippen LogP contribution is -2.37. The molecule has 64 heavy (non-hydrogen) atoms. The third kappa shape index (κ3) is 13.8. The Bertz CT molecular complexity index is 2250. The molecule has 0 aliphatic carbocycles. The third-order valence-corrected chi connectivity index (χ3v) is 12.6. The molecule has 0 saturated heterocycles. The van der Waals surface area contributed by atoms with Crippen molar-refractivity contribution in [1.29, 1.82) is 0 Å². The van der Waals surface area contributed by atoms with Crippen LogP contribution in [0.25, 0.3) is 0 Å². The standard InChI is InChI=1S/C50H62N8O4S2/c1-49(2,3)35-27-39(43(63-22-20-51)41(29-35)57-47(61)37(53)24-31-14-9-7-10-15-31)55-45(59)33-18-13-19-34(26-33)46(60)56-40-28-36(50(4,5)6)30-42(44(40)64-23-21-52)58-48(62)38(54)25-32-16-11-8-12-17-32/h7-19,26-30,37-38H,20-25,51-54H2,1-6H3,(H,55,59)(H,56,60)(H,57,61)(H,58,62)/t37-,38?/m1/s1. The van der Waals surface area contributed by atoms with Crippen LogP contribution in [0.3, 0.4) is 0 Å². The molecule has 5 aromatic carbocycles. The van der Waals surface area contributed by atoms with Gasteiger partial charge in [-0.25, -0.2) is 0 Å². The summed E-state index contributed by atoms with van der Waals surface area (Å²) in [7, 11) is 0. The van der Waals surface area contributed by atoms with Gasteiger partial charge in [0.2, 0.25) is 11.8 Å². The van der Waals surface area contributed by atoms with Crippen LogP contribution >= 0.6 is 23.5 Å². The fourth-order valence-corrected chi connectivity index (χ4v) is 8.40. The van der Waals surface area contributed by atoms with Crippen molar-refractivity contribution in [2.24, 2.45) is 22.9 Å². The minimum absolute atomic E-state index is 0.237. The van der Waals surface area contributed by atoms with Gasteiger partial charge in [-0.2, -0.15) is 0 Å². The van der Waals surface area contributed by atoms with E-state index in [1.54, 1.807) is 18.2 Å². The topological polar surface area (TPSA) is 220 Å². The average Bonchev–Trinajstić information content (AvgIpc) is 3.25. The zero-order valence-electron chi connectivity index (χ0n) is 37.5. The summed E-state index contributed by atoms with van der Waals surface area (Å²) in [6.45, 7) is 13.0. The first-order valence-electron chi connectivity index (χ1n) is 21.3. The summed E-state index contributed by atoms with van der Waals surface area (Å²) in [5.41, 5.74) is 30.1. The highest BCUT2D eigenvalue weighted by atomic mass is 32.2. The largest absolute Gasteiger partial charge is 0.330 e. The van der Waals surface area contributed by atoms with Crippen molar-refractivity contribution in [3.63, 3.8) is 0 Å². The highest BCUT2D eigenvalue weighted by Gasteiger charge is 2.26. The van der Waals surface area contributed by atoms with E-state index >= 15 is 0 Å². The van der Waals surface area contributed by atoms with Crippen LogP contribution in [-0.4, -0.2) is 60.3 Å². The number of carbonyl (C=O) groups is 4. The molecule has 12 nitrogen and oxygen atoms in total. The van der Waals surface area contributed by atoms with E-state index in [-0.39, 0.29) is 33.8 Å². The number of nitrogens with two attached hydrogens (primary N) is 4. The van der Waals surface area contributed by atoms with Gasteiger partial charge in [-0.3, -0.25) is 19.2 Å². The maximum Gasteiger partial charge on any atom is 0.255 e. The molecular weight excluding hydrogens is 841 g/mol. The molecule has 0 heterocycles. The predicted octanol–water partition coefficient (Wildman–Crippen LogP) is 7.90. The molecule has 338 valence electrons. The average molecular weight is 903 g/mol. The zero-order chi connectivity index (χ0) is 46.6. The highest BCUT2D eigenvalue weighted by molar-refractivity contribution is 7.99. The minimum atomic E-state index is -0.820. The van der Waals surface area contributed by atoms with Crippen LogP contribution < -0.4 is 44.2 Å². The summed E-state index contributed by atoms with van der Waals surface area (Å²) < 4.78 is 0. The van der Waals surface area contributed by atoms with Crippen LogP contribution in [0.2, 0.25) is 0 Å². The predicted molar refractivity (Wildman–Crippen MR) is 266 cm³/mol. The van der Waals surface area contributed by atoms with E-state index in [1.165, 1.54) is 29.6 Å². The maximum atomic E-state index is 14.2. The van der Waals surface area contributed by atoms with Crippen LogP contribution in [-0.2, 0) is 33.3 Å². The lowest BCUT2D eigenvalue weighted by atomic mass is 9.86. The van der Waals surface area contributed by atoms with Gasteiger partial charge in [0.25, 0.3) is 11.8 Å². The second kappa shape index (κ2) is 22.4. The smallest absolute Gasteiger partial charge is 0.255 e.